The van der Waals surface area contributed by atoms with E-state index in [9.17, 15) is 19.2 Å². The molecule has 4 N–H and O–H groups in total. The minimum atomic E-state index is -0.531. The zero-order valence-corrected chi connectivity index (χ0v) is 15.9. The molecule has 2 aromatic rings. The molecule has 2 rings (SSSR count). The highest BCUT2D eigenvalue weighted by Crippen LogP contribution is 1.97. The van der Waals surface area contributed by atoms with Crippen molar-refractivity contribution < 1.29 is 19.2 Å². The Morgan fingerprint density at radius 1 is 0.633 bits per heavy atom. The summed E-state index contributed by atoms with van der Waals surface area (Å²) in [6, 6.07) is 16.9. The molecule has 10 nitrogen and oxygen atoms in total. The fourth-order valence-corrected chi connectivity index (χ4v) is 2.07. The number of rotatable bonds is 9. The van der Waals surface area contributed by atoms with Crippen LogP contribution in [0.25, 0.3) is 0 Å². The fourth-order valence-electron chi connectivity index (χ4n) is 2.07. The zero-order chi connectivity index (χ0) is 21.6. The van der Waals surface area contributed by atoms with Crippen molar-refractivity contribution in [1.82, 2.24) is 21.5 Å². The lowest BCUT2D eigenvalue weighted by atomic mass is 10.2. The standard InChI is InChI=1S/C20H20N6O4/c27-17(13-21-19(29)15-7-3-1-4-8-15)25-23-11-12-24-26-18(28)14-22-20(30)16-9-5-2-6-10-16/h1-12H,13-14H2,(H,21,29)(H,22,30)(H,25,27)(H,26,28)/b23-11-,24-12-. The van der Waals surface area contributed by atoms with Gasteiger partial charge in [0.05, 0.1) is 25.5 Å². The van der Waals surface area contributed by atoms with E-state index in [0.29, 0.717) is 11.1 Å². The van der Waals surface area contributed by atoms with Crippen LogP contribution in [0.5, 0.6) is 0 Å². The second-order valence-electron chi connectivity index (χ2n) is 5.72. The van der Waals surface area contributed by atoms with Crippen LogP contribution in [0.1, 0.15) is 20.7 Å². The smallest absolute Gasteiger partial charge is 0.259 e. The van der Waals surface area contributed by atoms with Crippen LogP contribution in [0.4, 0.5) is 0 Å². The number of hydrogen-bond donors (Lipinski definition) is 4. The van der Waals surface area contributed by atoms with Crippen molar-refractivity contribution in [1.29, 1.82) is 0 Å². The Morgan fingerprint density at radius 3 is 1.37 bits per heavy atom. The maximum atomic E-state index is 11.8. The van der Waals surface area contributed by atoms with Gasteiger partial charge in [-0.2, -0.15) is 10.2 Å². The predicted molar refractivity (Wildman–Crippen MR) is 111 cm³/mol. The predicted octanol–water partition coefficient (Wildman–Crippen LogP) is 0.0504. The van der Waals surface area contributed by atoms with Crippen molar-refractivity contribution in [3.63, 3.8) is 0 Å². The maximum Gasteiger partial charge on any atom is 0.259 e. The number of benzene rings is 2. The lowest BCUT2D eigenvalue weighted by Crippen LogP contribution is -2.35. The molecular formula is C20H20N6O4. The number of hydrazone groups is 2. The number of amides is 4. The fraction of sp³-hybridized carbons (Fsp3) is 0.100. The van der Waals surface area contributed by atoms with Crippen LogP contribution in [0.3, 0.4) is 0 Å². The Balaban J connectivity index is 1.59. The van der Waals surface area contributed by atoms with Crippen LogP contribution in [-0.4, -0.2) is 49.1 Å². The van der Waals surface area contributed by atoms with Gasteiger partial charge in [0, 0.05) is 11.1 Å². The van der Waals surface area contributed by atoms with E-state index in [2.05, 4.69) is 31.7 Å². The first-order valence-electron chi connectivity index (χ1n) is 8.85. The van der Waals surface area contributed by atoms with Gasteiger partial charge in [-0.25, -0.2) is 10.9 Å². The third-order valence-electron chi connectivity index (χ3n) is 3.49. The lowest BCUT2D eigenvalue weighted by Gasteiger charge is -2.04. The summed E-state index contributed by atoms with van der Waals surface area (Å²) in [5.41, 5.74) is 5.26. The van der Waals surface area contributed by atoms with Gasteiger partial charge < -0.3 is 10.6 Å². The van der Waals surface area contributed by atoms with Crippen molar-refractivity contribution in [2.24, 2.45) is 10.2 Å². The summed E-state index contributed by atoms with van der Waals surface area (Å²) in [5, 5.41) is 12.1. The third kappa shape index (κ3) is 8.13. The SMILES string of the molecule is O=C(CNC(=O)c1ccccc1)N/N=C\C=N/NC(=O)CNC(=O)c1ccccc1. The third-order valence-corrected chi connectivity index (χ3v) is 3.49. The highest BCUT2D eigenvalue weighted by molar-refractivity contribution is 6.16. The summed E-state index contributed by atoms with van der Waals surface area (Å²) in [6.45, 7) is -0.500. The van der Waals surface area contributed by atoms with Gasteiger partial charge in [-0.05, 0) is 24.3 Å². The molecule has 154 valence electrons. The van der Waals surface area contributed by atoms with Crippen molar-refractivity contribution in [3.8, 4) is 0 Å². The van der Waals surface area contributed by atoms with Crippen molar-refractivity contribution in [2.45, 2.75) is 0 Å². The minimum absolute atomic E-state index is 0.250. The van der Waals surface area contributed by atoms with E-state index in [1.807, 2.05) is 0 Å². The number of nitrogens with one attached hydrogen (secondary N) is 4. The van der Waals surface area contributed by atoms with Crippen molar-refractivity contribution in [2.75, 3.05) is 13.1 Å². The molecule has 30 heavy (non-hydrogen) atoms. The zero-order valence-electron chi connectivity index (χ0n) is 15.9. The average Bonchev–Trinajstić information content (AvgIpc) is 2.79. The Morgan fingerprint density at radius 2 is 1.00 bits per heavy atom. The van der Waals surface area contributed by atoms with E-state index >= 15 is 0 Å². The molecule has 0 radical (unpaired) electrons. The van der Waals surface area contributed by atoms with Crippen LogP contribution in [0, 0.1) is 0 Å². The van der Waals surface area contributed by atoms with Crippen molar-refractivity contribution in [3.05, 3.63) is 71.8 Å². The van der Waals surface area contributed by atoms with Gasteiger partial charge in [0.1, 0.15) is 0 Å². The molecular weight excluding hydrogens is 388 g/mol. The molecule has 0 atom stereocenters. The van der Waals surface area contributed by atoms with E-state index in [4.69, 9.17) is 0 Å². The van der Waals surface area contributed by atoms with Gasteiger partial charge in [-0.1, -0.05) is 36.4 Å². The van der Waals surface area contributed by atoms with E-state index in [1.54, 1.807) is 60.7 Å². The molecule has 0 spiro atoms. The molecule has 0 aromatic heterocycles. The summed E-state index contributed by atoms with van der Waals surface area (Å²) in [5.74, 6) is -1.81. The second kappa shape index (κ2) is 12.2. The summed E-state index contributed by atoms with van der Waals surface area (Å²) in [4.78, 5) is 46.8. The monoisotopic (exact) mass is 408 g/mol. The molecule has 0 saturated carbocycles. The van der Waals surface area contributed by atoms with Gasteiger partial charge in [0.25, 0.3) is 23.6 Å². The largest absolute Gasteiger partial charge is 0.343 e. The van der Waals surface area contributed by atoms with Gasteiger partial charge in [0.15, 0.2) is 0 Å². The molecule has 10 heteroatoms. The van der Waals surface area contributed by atoms with Gasteiger partial charge in [-0.3, -0.25) is 19.2 Å². The molecule has 0 unspecified atom stereocenters. The summed E-state index contributed by atoms with van der Waals surface area (Å²) >= 11 is 0. The topological polar surface area (TPSA) is 141 Å². The number of carbonyl (C=O) groups excluding carboxylic acids is 4. The molecule has 0 aliphatic heterocycles. The maximum absolute atomic E-state index is 11.8. The Hall–Kier alpha value is -4.34. The van der Waals surface area contributed by atoms with Gasteiger partial charge >= 0.3 is 0 Å². The summed E-state index contributed by atoms with van der Waals surface area (Å²) in [7, 11) is 0. The first kappa shape index (κ1) is 22.0. The number of nitrogens with zero attached hydrogens (tertiary/aromatic N) is 2. The van der Waals surface area contributed by atoms with Crippen LogP contribution in [-0.2, 0) is 9.59 Å². The van der Waals surface area contributed by atoms with Crippen LogP contribution in [0.2, 0.25) is 0 Å². The molecule has 0 bridgehead atoms. The minimum Gasteiger partial charge on any atom is -0.343 e. The Kier molecular flexibility index (Phi) is 8.92. The molecule has 0 heterocycles. The quantitative estimate of drug-likeness (QED) is 0.344. The number of hydrogen-bond acceptors (Lipinski definition) is 6. The van der Waals surface area contributed by atoms with Crippen LogP contribution >= 0.6 is 0 Å². The molecule has 2 aromatic carbocycles. The van der Waals surface area contributed by atoms with E-state index < -0.39 is 11.8 Å². The molecule has 0 fully saturated rings. The normalized spacial score (nSPS) is 10.5. The second-order valence-corrected chi connectivity index (χ2v) is 5.72. The molecule has 0 saturated heterocycles. The highest BCUT2D eigenvalue weighted by atomic mass is 16.2. The summed E-state index contributed by atoms with van der Waals surface area (Å²) < 4.78 is 0. The van der Waals surface area contributed by atoms with Crippen LogP contribution in [0.15, 0.2) is 70.9 Å². The Labute approximate surface area is 172 Å². The van der Waals surface area contributed by atoms with Gasteiger partial charge in [0.2, 0.25) is 0 Å². The summed E-state index contributed by atoms with van der Waals surface area (Å²) in [6.07, 6.45) is 2.28. The van der Waals surface area contributed by atoms with Crippen molar-refractivity contribution >= 4 is 36.1 Å². The lowest BCUT2D eigenvalue weighted by molar-refractivity contribution is -0.120. The van der Waals surface area contributed by atoms with Crippen LogP contribution < -0.4 is 21.5 Å². The first-order valence-corrected chi connectivity index (χ1v) is 8.85. The van der Waals surface area contributed by atoms with Gasteiger partial charge in [-0.15, -0.1) is 0 Å². The van der Waals surface area contributed by atoms with E-state index in [0.717, 1.165) is 12.4 Å². The average molecular weight is 408 g/mol. The first-order chi connectivity index (χ1) is 14.6. The Bertz CT molecular complexity index is 851. The van der Waals surface area contributed by atoms with E-state index in [1.165, 1.54) is 0 Å². The molecule has 0 aliphatic rings. The molecule has 4 amide bonds. The van der Waals surface area contributed by atoms with E-state index in [-0.39, 0.29) is 24.9 Å². The highest BCUT2D eigenvalue weighted by Gasteiger charge is 2.07. The number of carbonyl (C=O) groups is 4. The molecule has 0 aliphatic carbocycles.